The number of carbonyl (C=O) groups excluding carboxylic acids is 2. The molecule has 1 aromatic heterocycles. The van der Waals surface area contributed by atoms with Gasteiger partial charge in [0.2, 0.25) is 0 Å². The van der Waals surface area contributed by atoms with E-state index in [0.717, 1.165) is 27.7 Å². The second kappa shape index (κ2) is 11.4. The first-order valence-corrected chi connectivity index (χ1v) is 13.4. The van der Waals surface area contributed by atoms with E-state index in [1.807, 2.05) is 62.5 Å². The van der Waals surface area contributed by atoms with E-state index in [-0.39, 0.29) is 11.9 Å². The Hall–Kier alpha value is -4.06. The van der Waals surface area contributed by atoms with Gasteiger partial charge in [-0.3, -0.25) is 4.79 Å². The molecule has 0 radical (unpaired) electrons. The fourth-order valence-corrected chi connectivity index (χ4v) is 4.87. The third kappa shape index (κ3) is 6.17. The van der Waals surface area contributed by atoms with Crippen LogP contribution in [0.1, 0.15) is 72.0 Å². The van der Waals surface area contributed by atoms with Gasteiger partial charge in [0, 0.05) is 29.2 Å². The monoisotopic (exact) mass is 526 g/mol. The van der Waals surface area contributed by atoms with Crippen LogP contribution in [0.5, 0.6) is 5.75 Å². The van der Waals surface area contributed by atoms with Crippen molar-refractivity contribution in [3.8, 4) is 5.75 Å². The van der Waals surface area contributed by atoms with E-state index in [4.69, 9.17) is 9.47 Å². The standard InChI is InChI=1S/C33H38N2O4/c1-8-38-32(37)33(5,6)39-27-14-10-12-24(18-27)19-29-23(4)35(7)30-20-26(15-16-28(29)30)31(36)34-22(3)25-13-9-11-21(2)17-25/h9-18,20,22H,8,19H2,1-7H3,(H,34,36)/t22-/m0/s1. The largest absolute Gasteiger partial charge is 0.476 e. The summed E-state index contributed by atoms with van der Waals surface area (Å²) in [6.07, 6.45) is 0.691. The van der Waals surface area contributed by atoms with Gasteiger partial charge in [-0.15, -0.1) is 0 Å². The maximum Gasteiger partial charge on any atom is 0.349 e. The molecule has 0 unspecified atom stereocenters. The van der Waals surface area contributed by atoms with Gasteiger partial charge >= 0.3 is 5.97 Å². The molecule has 0 saturated heterocycles. The van der Waals surface area contributed by atoms with Crippen LogP contribution in [0.25, 0.3) is 10.9 Å². The van der Waals surface area contributed by atoms with Crippen molar-refractivity contribution in [2.75, 3.05) is 6.61 Å². The predicted octanol–water partition coefficient (Wildman–Crippen LogP) is 6.60. The molecule has 39 heavy (non-hydrogen) atoms. The zero-order valence-corrected chi connectivity index (χ0v) is 23.9. The zero-order valence-electron chi connectivity index (χ0n) is 23.9. The number of amides is 1. The first kappa shape index (κ1) is 28.0. The quantitative estimate of drug-likeness (QED) is 0.250. The van der Waals surface area contributed by atoms with Crippen molar-refractivity contribution in [3.05, 3.63) is 100 Å². The minimum absolute atomic E-state index is 0.0953. The number of carbonyl (C=O) groups is 2. The number of nitrogens with one attached hydrogen (secondary N) is 1. The lowest BCUT2D eigenvalue weighted by Gasteiger charge is -2.24. The number of hydrogen-bond acceptors (Lipinski definition) is 4. The summed E-state index contributed by atoms with van der Waals surface area (Å²) in [5, 5.41) is 4.24. The number of benzene rings is 3. The van der Waals surface area contributed by atoms with Crippen LogP contribution < -0.4 is 10.1 Å². The van der Waals surface area contributed by atoms with Gasteiger partial charge in [0.15, 0.2) is 5.60 Å². The summed E-state index contributed by atoms with van der Waals surface area (Å²) < 4.78 is 13.3. The van der Waals surface area contributed by atoms with Crippen molar-refractivity contribution in [2.24, 2.45) is 7.05 Å². The van der Waals surface area contributed by atoms with E-state index in [1.54, 1.807) is 20.8 Å². The van der Waals surface area contributed by atoms with Crippen molar-refractivity contribution in [2.45, 2.75) is 59.6 Å². The van der Waals surface area contributed by atoms with E-state index >= 15 is 0 Å². The van der Waals surface area contributed by atoms with Crippen molar-refractivity contribution < 1.29 is 19.1 Å². The van der Waals surface area contributed by atoms with Crippen LogP contribution in [-0.4, -0.2) is 28.7 Å². The number of nitrogens with zero attached hydrogens (tertiary/aromatic N) is 1. The molecule has 4 rings (SSSR count). The Labute approximate surface area is 230 Å². The molecule has 6 nitrogen and oxygen atoms in total. The molecule has 0 aliphatic heterocycles. The Balaban J connectivity index is 1.56. The fourth-order valence-electron chi connectivity index (χ4n) is 4.87. The average molecular weight is 527 g/mol. The Bertz CT molecular complexity index is 1520. The molecule has 3 aromatic carbocycles. The van der Waals surface area contributed by atoms with E-state index < -0.39 is 11.6 Å². The first-order valence-electron chi connectivity index (χ1n) is 13.4. The molecule has 1 N–H and O–H groups in total. The predicted molar refractivity (Wildman–Crippen MR) is 155 cm³/mol. The summed E-state index contributed by atoms with van der Waals surface area (Å²) in [6.45, 7) is 11.7. The molecule has 6 heteroatoms. The number of ether oxygens (including phenoxy) is 2. The number of rotatable bonds is 9. The number of aryl methyl sites for hydroxylation is 2. The van der Waals surface area contributed by atoms with Crippen molar-refractivity contribution in [3.63, 3.8) is 0 Å². The van der Waals surface area contributed by atoms with Gasteiger partial charge in [-0.1, -0.05) is 48.0 Å². The molecule has 4 aromatic rings. The molecule has 0 aliphatic rings. The van der Waals surface area contributed by atoms with Gasteiger partial charge in [-0.25, -0.2) is 4.79 Å². The van der Waals surface area contributed by atoms with Gasteiger partial charge in [0.05, 0.1) is 12.6 Å². The molecule has 0 spiro atoms. The molecule has 1 heterocycles. The summed E-state index contributed by atoms with van der Waals surface area (Å²) >= 11 is 0. The number of esters is 1. The summed E-state index contributed by atoms with van der Waals surface area (Å²) in [5.74, 6) is 0.124. The Kier molecular flexibility index (Phi) is 8.14. The molecule has 0 fully saturated rings. The van der Waals surface area contributed by atoms with Crippen LogP contribution in [0.2, 0.25) is 0 Å². The third-order valence-corrected chi connectivity index (χ3v) is 7.20. The van der Waals surface area contributed by atoms with Gasteiger partial charge in [-0.05, 0) is 88.9 Å². The highest BCUT2D eigenvalue weighted by atomic mass is 16.6. The van der Waals surface area contributed by atoms with E-state index in [0.29, 0.717) is 24.3 Å². The van der Waals surface area contributed by atoms with Crippen LogP contribution in [0.15, 0.2) is 66.7 Å². The number of fused-ring (bicyclic) bond motifs is 1. The lowest BCUT2D eigenvalue weighted by Crippen LogP contribution is -2.39. The molecule has 0 bridgehead atoms. The Morgan fingerprint density at radius 1 is 1.00 bits per heavy atom. The summed E-state index contributed by atoms with van der Waals surface area (Å²) in [5.41, 5.74) is 6.19. The molecule has 0 saturated carbocycles. The van der Waals surface area contributed by atoms with Gasteiger partial charge in [0.25, 0.3) is 5.91 Å². The van der Waals surface area contributed by atoms with Crippen molar-refractivity contribution in [1.29, 1.82) is 0 Å². The average Bonchev–Trinajstić information content (AvgIpc) is 3.13. The number of aromatic nitrogens is 1. The molecular weight excluding hydrogens is 488 g/mol. The van der Waals surface area contributed by atoms with E-state index in [2.05, 4.69) is 41.9 Å². The highest BCUT2D eigenvalue weighted by molar-refractivity contribution is 5.99. The second-order valence-electron chi connectivity index (χ2n) is 10.6. The topological polar surface area (TPSA) is 69.6 Å². The first-order chi connectivity index (χ1) is 18.5. The van der Waals surface area contributed by atoms with E-state index in [1.165, 1.54) is 11.1 Å². The zero-order chi connectivity index (χ0) is 28.3. The van der Waals surface area contributed by atoms with Crippen LogP contribution >= 0.6 is 0 Å². The molecule has 204 valence electrons. The molecule has 0 aliphatic carbocycles. The van der Waals surface area contributed by atoms with Crippen molar-refractivity contribution >= 4 is 22.8 Å². The van der Waals surface area contributed by atoms with Crippen LogP contribution in [0.3, 0.4) is 0 Å². The van der Waals surface area contributed by atoms with Gasteiger partial charge in [0.1, 0.15) is 5.75 Å². The van der Waals surface area contributed by atoms with Crippen LogP contribution in [-0.2, 0) is 23.0 Å². The molecule has 1 amide bonds. The minimum atomic E-state index is -1.09. The fraction of sp³-hybridized carbons (Fsp3) is 0.333. The SMILES string of the molecule is CCOC(=O)C(C)(C)Oc1cccc(Cc2c(C)n(C)c3cc(C(=O)N[C@@H](C)c4cccc(C)c4)ccc23)c1. The lowest BCUT2D eigenvalue weighted by molar-refractivity contribution is -0.158. The van der Waals surface area contributed by atoms with E-state index in [9.17, 15) is 9.59 Å². The minimum Gasteiger partial charge on any atom is -0.476 e. The summed E-state index contributed by atoms with van der Waals surface area (Å²) in [7, 11) is 2.03. The smallest absolute Gasteiger partial charge is 0.349 e. The lowest BCUT2D eigenvalue weighted by atomic mass is 10.0. The summed E-state index contributed by atoms with van der Waals surface area (Å²) in [4.78, 5) is 25.4. The van der Waals surface area contributed by atoms with Gasteiger partial charge in [-0.2, -0.15) is 0 Å². The van der Waals surface area contributed by atoms with Gasteiger partial charge < -0.3 is 19.4 Å². The Morgan fingerprint density at radius 2 is 1.74 bits per heavy atom. The normalized spacial score (nSPS) is 12.3. The third-order valence-electron chi connectivity index (χ3n) is 7.20. The van der Waals surface area contributed by atoms with Crippen LogP contribution in [0.4, 0.5) is 0 Å². The maximum atomic E-state index is 13.1. The highest BCUT2D eigenvalue weighted by Crippen LogP contribution is 2.30. The van der Waals surface area contributed by atoms with Crippen molar-refractivity contribution in [1.82, 2.24) is 9.88 Å². The molecular formula is C33H38N2O4. The second-order valence-corrected chi connectivity index (χ2v) is 10.6. The Morgan fingerprint density at radius 3 is 2.46 bits per heavy atom. The highest BCUT2D eigenvalue weighted by Gasteiger charge is 2.31. The summed E-state index contributed by atoms with van der Waals surface area (Å²) in [6, 6.07) is 21.8. The maximum absolute atomic E-state index is 13.1. The van der Waals surface area contributed by atoms with Crippen LogP contribution in [0, 0.1) is 13.8 Å². The molecule has 1 atom stereocenters. The number of hydrogen-bond donors (Lipinski definition) is 1.